The third-order valence-corrected chi connectivity index (χ3v) is 5.12. The monoisotopic (exact) mass is 402 g/mol. The van der Waals surface area contributed by atoms with Gasteiger partial charge in [-0.05, 0) is 48.9 Å². The maximum absolute atomic E-state index is 12.6. The SMILES string of the molecule is CC(=O)Nc1nc2ccc(-c3cccc(C(=O)Nc4cccc(C)c4)c3)nc2s1. The van der Waals surface area contributed by atoms with Gasteiger partial charge >= 0.3 is 0 Å². The smallest absolute Gasteiger partial charge is 0.255 e. The average Bonchev–Trinajstić information content (AvgIpc) is 3.08. The van der Waals surface area contributed by atoms with Crippen molar-refractivity contribution in [1.29, 1.82) is 0 Å². The van der Waals surface area contributed by atoms with Gasteiger partial charge in [0.2, 0.25) is 5.91 Å². The zero-order valence-electron chi connectivity index (χ0n) is 15.9. The Hall–Kier alpha value is -3.58. The molecule has 0 saturated heterocycles. The van der Waals surface area contributed by atoms with Gasteiger partial charge in [0, 0.05) is 23.7 Å². The summed E-state index contributed by atoms with van der Waals surface area (Å²) < 4.78 is 0. The van der Waals surface area contributed by atoms with Gasteiger partial charge in [0.25, 0.3) is 5.91 Å². The fourth-order valence-electron chi connectivity index (χ4n) is 2.93. The summed E-state index contributed by atoms with van der Waals surface area (Å²) in [5.74, 6) is -0.346. The van der Waals surface area contributed by atoms with E-state index in [-0.39, 0.29) is 11.8 Å². The van der Waals surface area contributed by atoms with Crippen LogP contribution in [0.2, 0.25) is 0 Å². The highest BCUT2D eigenvalue weighted by molar-refractivity contribution is 7.21. The summed E-state index contributed by atoms with van der Waals surface area (Å²) in [4.78, 5) is 33.6. The van der Waals surface area contributed by atoms with E-state index in [1.54, 1.807) is 6.07 Å². The van der Waals surface area contributed by atoms with E-state index in [1.165, 1.54) is 18.3 Å². The predicted octanol–water partition coefficient (Wildman–Crippen LogP) is 4.88. The molecule has 4 aromatic rings. The molecule has 0 bridgehead atoms. The van der Waals surface area contributed by atoms with Gasteiger partial charge in [-0.2, -0.15) is 0 Å². The summed E-state index contributed by atoms with van der Waals surface area (Å²) in [5, 5.41) is 6.12. The molecule has 0 unspecified atom stereocenters. The van der Waals surface area contributed by atoms with Gasteiger partial charge < -0.3 is 10.6 Å². The fraction of sp³-hybridized carbons (Fsp3) is 0.0909. The summed E-state index contributed by atoms with van der Waals surface area (Å²) in [6, 6.07) is 18.7. The first kappa shape index (κ1) is 18.8. The minimum atomic E-state index is -0.177. The number of nitrogens with zero attached hydrogens (tertiary/aromatic N) is 2. The summed E-state index contributed by atoms with van der Waals surface area (Å²) in [6.45, 7) is 3.42. The van der Waals surface area contributed by atoms with E-state index < -0.39 is 0 Å². The summed E-state index contributed by atoms with van der Waals surface area (Å²) in [6.07, 6.45) is 0. The maximum atomic E-state index is 12.6. The van der Waals surface area contributed by atoms with Crippen molar-refractivity contribution in [2.45, 2.75) is 13.8 Å². The number of benzene rings is 2. The van der Waals surface area contributed by atoms with Gasteiger partial charge in [0.05, 0.1) is 5.69 Å². The van der Waals surface area contributed by atoms with Crippen molar-refractivity contribution in [2.24, 2.45) is 0 Å². The molecule has 0 aliphatic carbocycles. The summed E-state index contributed by atoms with van der Waals surface area (Å²) in [5.41, 5.74) is 4.68. The Morgan fingerprint density at radius 1 is 0.931 bits per heavy atom. The van der Waals surface area contributed by atoms with Crippen molar-refractivity contribution in [3.05, 3.63) is 71.8 Å². The first-order valence-electron chi connectivity index (χ1n) is 9.01. The number of anilines is 2. The molecule has 2 heterocycles. The molecule has 2 N–H and O–H groups in total. The first-order chi connectivity index (χ1) is 14.0. The number of carbonyl (C=O) groups is 2. The topological polar surface area (TPSA) is 84.0 Å². The second kappa shape index (κ2) is 7.81. The van der Waals surface area contributed by atoms with Crippen molar-refractivity contribution in [3.63, 3.8) is 0 Å². The van der Waals surface area contributed by atoms with Crippen molar-refractivity contribution in [3.8, 4) is 11.3 Å². The Kier molecular flexibility index (Phi) is 5.05. The Morgan fingerprint density at radius 2 is 1.76 bits per heavy atom. The molecule has 0 atom stereocenters. The molecular formula is C22H18N4O2S. The van der Waals surface area contributed by atoms with Crippen LogP contribution in [-0.2, 0) is 4.79 Å². The van der Waals surface area contributed by atoms with Crippen molar-refractivity contribution in [2.75, 3.05) is 10.6 Å². The van der Waals surface area contributed by atoms with Gasteiger partial charge in [0.1, 0.15) is 10.3 Å². The van der Waals surface area contributed by atoms with Crippen molar-refractivity contribution in [1.82, 2.24) is 9.97 Å². The third-order valence-electron chi connectivity index (χ3n) is 4.23. The molecule has 0 aliphatic heterocycles. The molecule has 4 rings (SSSR count). The van der Waals surface area contributed by atoms with Gasteiger partial charge in [-0.3, -0.25) is 9.59 Å². The maximum Gasteiger partial charge on any atom is 0.255 e. The Bertz CT molecular complexity index is 1230. The minimum absolute atomic E-state index is 0.170. The summed E-state index contributed by atoms with van der Waals surface area (Å²) in [7, 11) is 0. The van der Waals surface area contributed by atoms with E-state index in [9.17, 15) is 9.59 Å². The molecule has 29 heavy (non-hydrogen) atoms. The highest BCUT2D eigenvalue weighted by Crippen LogP contribution is 2.28. The average molecular weight is 402 g/mol. The number of hydrogen-bond acceptors (Lipinski definition) is 5. The molecule has 2 amide bonds. The zero-order valence-corrected chi connectivity index (χ0v) is 16.7. The molecule has 0 radical (unpaired) electrons. The number of pyridine rings is 1. The van der Waals surface area contributed by atoms with Gasteiger partial charge in [-0.25, -0.2) is 9.97 Å². The molecule has 0 saturated carbocycles. The molecule has 144 valence electrons. The van der Waals surface area contributed by atoms with Crippen LogP contribution in [0.3, 0.4) is 0 Å². The van der Waals surface area contributed by atoms with Crippen LogP contribution < -0.4 is 10.6 Å². The molecule has 2 aromatic heterocycles. The second-order valence-corrected chi connectivity index (χ2v) is 7.60. The number of nitrogens with one attached hydrogen (secondary N) is 2. The van der Waals surface area contributed by atoms with Gasteiger partial charge in [-0.15, -0.1) is 0 Å². The van der Waals surface area contributed by atoms with E-state index in [1.807, 2.05) is 61.5 Å². The van der Waals surface area contributed by atoms with E-state index in [2.05, 4.69) is 20.6 Å². The van der Waals surface area contributed by atoms with Crippen molar-refractivity contribution < 1.29 is 9.59 Å². The van der Waals surface area contributed by atoms with Gasteiger partial charge in [0.15, 0.2) is 5.13 Å². The van der Waals surface area contributed by atoms with Crippen molar-refractivity contribution >= 4 is 44.3 Å². The lowest BCUT2D eigenvalue weighted by Crippen LogP contribution is -2.11. The van der Waals surface area contributed by atoms with Crippen LogP contribution in [-0.4, -0.2) is 21.8 Å². The zero-order chi connectivity index (χ0) is 20.4. The fourth-order valence-corrected chi connectivity index (χ4v) is 3.81. The van der Waals surface area contributed by atoms with E-state index >= 15 is 0 Å². The van der Waals surface area contributed by atoms with E-state index in [0.717, 1.165) is 32.9 Å². The number of carbonyl (C=O) groups excluding carboxylic acids is 2. The lowest BCUT2D eigenvalue weighted by molar-refractivity contribution is -0.114. The Morgan fingerprint density at radius 3 is 2.55 bits per heavy atom. The molecule has 0 aliphatic rings. The number of thiazole rings is 1. The van der Waals surface area contributed by atoms with Crippen LogP contribution in [0.1, 0.15) is 22.8 Å². The number of fused-ring (bicyclic) bond motifs is 1. The lowest BCUT2D eigenvalue weighted by atomic mass is 10.1. The Balaban J connectivity index is 1.60. The molecule has 0 spiro atoms. The third kappa shape index (κ3) is 4.30. The number of hydrogen-bond donors (Lipinski definition) is 2. The number of aryl methyl sites for hydroxylation is 1. The van der Waals surface area contributed by atoms with Crippen LogP contribution in [0.4, 0.5) is 10.8 Å². The molecule has 6 nitrogen and oxygen atoms in total. The largest absolute Gasteiger partial charge is 0.322 e. The van der Waals surface area contributed by atoms with Crippen LogP contribution in [0.15, 0.2) is 60.7 Å². The number of rotatable bonds is 4. The quantitative estimate of drug-likeness (QED) is 0.510. The Labute approximate surface area is 171 Å². The van der Waals surface area contributed by atoms with Gasteiger partial charge in [-0.1, -0.05) is 35.6 Å². The van der Waals surface area contributed by atoms with Crippen LogP contribution >= 0.6 is 11.3 Å². The predicted molar refractivity (Wildman–Crippen MR) is 116 cm³/mol. The number of aromatic nitrogens is 2. The normalized spacial score (nSPS) is 10.7. The molecule has 7 heteroatoms. The molecule has 2 aromatic carbocycles. The highest BCUT2D eigenvalue weighted by atomic mass is 32.1. The second-order valence-electron chi connectivity index (χ2n) is 6.63. The summed E-state index contributed by atoms with van der Waals surface area (Å²) >= 11 is 1.31. The standard InChI is InChI=1S/C22H18N4O2S/c1-13-5-3-8-17(11-13)24-20(28)16-7-4-6-15(12-16)18-9-10-19-21(25-18)29-22(26-19)23-14(2)27/h3-12H,1-2H3,(H,24,28)(H,23,26,27). The minimum Gasteiger partial charge on any atom is -0.322 e. The van der Waals surface area contributed by atoms with Crippen LogP contribution in [0.5, 0.6) is 0 Å². The van der Waals surface area contributed by atoms with Crippen LogP contribution in [0.25, 0.3) is 21.6 Å². The lowest BCUT2D eigenvalue weighted by Gasteiger charge is -2.08. The van der Waals surface area contributed by atoms with E-state index in [4.69, 9.17) is 0 Å². The molecule has 0 fully saturated rings. The molecular weight excluding hydrogens is 384 g/mol. The number of amides is 2. The van der Waals surface area contributed by atoms with Crippen LogP contribution in [0, 0.1) is 6.92 Å². The van der Waals surface area contributed by atoms with E-state index in [0.29, 0.717) is 10.7 Å². The first-order valence-corrected chi connectivity index (χ1v) is 9.83. The highest BCUT2D eigenvalue weighted by Gasteiger charge is 2.11.